The maximum absolute atomic E-state index is 5.62. The van der Waals surface area contributed by atoms with Crippen LogP contribution in [0.2, 0.25) is 0 Å². The zero-order valence-corrected chi connectivity index (χ0v) is 9.45. The highest BCUT2D eigenvalue weighted by molar-refractivity contribution is 5.26. The summed E-state index contributed by atoms with van der Waals surface area (Å²) in [5.74, 6) is 2.08. The lowest BCUT2D eigenvalue weighted by Crippen LogP contribution is -1.97. The van der Waals surface area contributed by atoms with Crippen LogP contribution < -0.4 is 0 Å². The van der Waals surface area contributed by atoms with Crippen molar-refractivity contribution in [2.45, 2.75) is 26.7 Å². The van der Waals surface area contributed by atoms with Crippen molar-refractivity contribution in [3.63, 3.8) is 0 Å². The minimum absolute atomic E-state index is 0.900. The van der Waals surface area contributed by atoms with E-state index < -0.39 is 0 Å². The van der Waals surface area contributed by atoms with E-state index in [-0.39, 0.29) is 0 Å². The number of rotatable bonds is 3. The van der Waals surface area contributed by atoms with Crippen LogP contribution in [-0.2, 0) is 19.9 Å². The Labute approximate surface area is 89.7 Å². The summed E-state index contributed by atoms with van der Waals surface area (Å²) in [4.78, 5) is 4.11. The van der Waals surface area contributed by atoms with E-state index in [1.165, 1.54) is 11.3 Å². The third-order valence-electron chi connectivity index (χ3n) is 2.63. The van der Waals surface area contributed by atoms with E-state index in [1.54, 1.807) is 0 Å². The molecule has 2 heterocycles. The number of hydrogen-bond donors (Lipinski definition) is 0. The first-order valence-electron chi connectivity index (χ1n) is 5.24. The quantitative estimate of drug-likeness (QED) is 0.769. The molecule has 0 bridgehead atoms. The highest BCUT2D eigenvalue weighted by Crippen LogP contribution is 2.18. The van der Waals surface area contributed by atoms with Gasteiger partial charge in [-0.2, -0.15) is 0 Å². The Morgan fingerprint density at radius 1 is 1.47 bits per heavy atom. The predicted octanol–water partition coefficient (Wildman–Crippen LogP) is 2.47. The fourth-order valence-corrected chi connectivity index (χ4v) is 1.81. The average molecular weight is 204 g/mol. The van der Waals surface area contributed by atoms with Crippen molar-refractivity contribution < 1.29 is 4.42 Å². The summed E-state index contributed by atoms with van der Waals surface area (Å²) in [6.07, 6.45) is 5.58. The van der Waals surface area contributed by atoms with Gasteiger partial charge in [0.1, 0.15) is 11.5 Å². The standard InChI is InChI=1S/C12H16N2O/c1-4-12-10(5-9(2)15-12)6-11-7-13-8-14(11)3/h5,7-8H,4,6H2,1-3H3. The van der Waals surface area contributed by atoms with Crippen LogP contribution in [0, 0.1) is 6.92 Å². The van der Waals surface area contributed by atoms with Crippen molar-refractivity contribution >= 4 is 0 Å². The van der Waals surface area contributed by atoms with Crippen LogP contribution in [0.25, 0.3) is 0 Å². The Kier molecular flexibility index (Phi) is 2.62. The van der Waals surface area contributed by atoms with Crippen molar-refractivity contribution in [1.82, 2.24) is 9.55 Å². The molecule has 0 spiro atoms. The van der Waals surface area contributed by atoms with Gasteiger partial charge in [-0.25, -0.2) is 4.98 Å². The lowest BCUT2D eigenvalue weighted by atomic mass is 10.1. The molecule has 0 aliphatic rings. The van der Waals surface area contributed by atoms with Crippen LogP contribution in [0.3, 0.4) is 0 Å². The van der Waals surface area contributed by atoms with Crippen LogP contribution in [-0.4, -0.2) is 9.55 Å². The molecule has 80 valence electrons. The Morgan fingerprint density at radius 3 is 2.87 bits per heavy atom. The molecule has 3 nitrogen and oxygen atoms in total. The molecule has 15 heavy (non-hydrogen) atoms. The molecule has 0 aliphatic carbocycles. The average Bonchev–Trinajstić information content (AvgIpc) is 2.75. The van der Waals surface area contributed by atoms with Gasteiger partial charge in [0.05, 0.1) is 6.33 Å². The van der Waals surface area contributed by atoms with Crippen LogP contribution in [0.5, 0.6) is 0 Å². The van der Waals surface area contributed by atoms with Gasteiger partial charge < -0.3 is 8.98 Å². The lowest BCUT2D eigenvalue weighted by molar-refractivity contribution is 0.485. The van der Waals surface area contributed by atoms with Gasteiger partial charge in [-0.15, -0.1) is 0 Å². The first-order valence-corrected chi connectivity index (χ1v) is 5.24. The molecule has 2 aromatic rings. The third-order valence-corrected chi connectivity index (χ3v) is 2.63. The molecule has 3 heteroatoms. The highest BCUT2D eigenvalue weighted by atomic mass is 16.3. The van der Waals surface area contributed by atoms with E-state index in [0.29, 0.717) is 0 Å². The molecule has 0 atom stereocenters. The van der Waals surface area contributed by atoms with Crippen molar-refractivity contribution in [3.05, 3.63) is 41.4 Å². The van der Waals surface area contributed by atoms with Crippen LogP contribution in [0.4, 0.5) is 0 Å². The maximum atomic E-state index is 5.62. The van der Waals surface area contributed by atoms with Crippen molar-refractivity contribution in [2.75, 3.05) is 0 Å². The number of aromatic nitrogens is 2. The summed E-state index contributed by atoms with van der Waals surface area (Å²) in [6.45, 7) is 4.11. The third kappa shape index (κ3) is 1.96. The summed E-state index contributed by atoms with van der Waals surface area (Å²) >= 11 is 0. The second-order valence-corrected chi connectivity index (χ2v) is 3.83. The van der Waals surface area contributed by atoms with Gasteiger partial charge >= 0.3 is 0 Å². The Morgan fingerprint density at radius 2 is 2.27 bits per heavy atom. The molecular formula is C12H16N2O. The molecule has 0 unspecified atom stereocenters. The molecule has 0 saturated heterocycles. The van der Waals surface area contributed by atoms with Gasteiger partial charge in [-0.1, -0.05) is 6.92 Å². The molecule has 0 fully saturated rings. The minimum Gasteiger partial charge on any atom is -0.466 e. The zero-order valence-electron chi connectivity index (χ0n) is 9.45. The predicted molar refractivity (Wildman–Crippen MR) is 58.8 cm³/mol. The van der Waals surface area contributed by atoms with Gasteiger partial charge in [0, 0.05) is 31.8 Å². The number of hydrogen-bond acceptors (Lipinski definition) is 2. The molecule has 0 amide bonds. The van der Waals surface area contributed by atoms with Crippen molar-refractivity contribution in [3.8, 4) is 0 Å². The second-order valence-electron chi connectivity index (χ2n) is 3.83. The topological polar surface area (TPSA) is 31.0 Å². The van der Waals surface area contributed by atoms with Gasteiger partial charge in [0.2, 0.25) is 0 Å². The van der Waals surface area contributed by atoms with E-state index in [0.717, 1.165) is 24.4 Å². The Bertz CT molecular complexity index is 454. The van der Waals surface area contributed by atoms with E-state index in [4.69, 9.17) is 4.42 Å². The minimum atomic E-state index is 0.900. The molecule has 0 saturated carbocycles. The second kappa shape index (κ2) is 3.93. The summed E-state index contributed by atoms with van der Waals surface area (Å²) < 4.78 is 7.67. The van der Waals surface area contributed by atoms with Gasteiger partial charge in [-0.3, -0.25) is 0 Å². The maximum Gasteiger partial charge on any atom is 0.107 e. The summed E-state index contributed by atoms with van der Waals surface area (Å²) in [7, 11) is 2.01. The van der Waals surface area contributed by atoms with Gasteiger partial charge in [0.25, 0.3) is 0 Å². The molecule has 0 aromatic carbocycles. The smallest absolute Gasteiger partial charge is 0.107 e. The van der Waals surface area contributed by atoms with Crippen molar-refractivity contribution in [1.29, 1.82) is 0 Å². The number of furan rings is 1. The van der Waals surface area contributed by atoms with Gasteiger partial charge in [-0.05, 0) is 18.6 Å². The van der Waals surface area contributed by atoms with Crippen LogP contribution in [0.15, 0.2) is 23.0 Å². The summed E-state index contributed by atoms with van der Waals surface area (Å²) in [5.41, 5.74) is 2.49. The normalized spacial score (nSPS) is 10.9. The lowest BCUT2D eigenvalue weighted by Gasteiger charge is -2.01. The largest absolute Gasteiger partial charge is 0.466 e. The summed E-state index contributed by atoms with van der Waals surface area (Å²) in [5, 5.41) is 0. The molecular weight excluding hydrogens is 188 g/mol. The van der Waals surface area contributed by atoms with Crippen LogP contribution >= 0.6 is 0 Å². The molecule has 2 rings (SSSR count). The molecule has 0 N–H and O–H groups in total. The zero-order chi connectivity index (χ0) is 10.8. The summed E-state index contributed by atoms with van der Waals surface area (Å²) in [6, 6.07) is 2.12. The van der Waals surface area contributed by atoms with E-state index >= 15 is 0 Å². The van der Waals surface area contributed by atoms with Gasteiger partial charge in [0.15, 0.2) is 0 Å². The Balaban J connectivity index is 2.27. The fourth-order valence-electron chi connectivity index (χ4n) is 1.81. The van der Waals surface area contributed by atoms with E-state index in [1.807, 2.05) is 31.1 Å². The van der Waals surface area contributed by atoms with Crippen molar-refractivity contribution in [2.24, 2.45) is 7.05 Å². The Hall–Kier alpha value is -1.51. The molecule has 0 aliphatic heterocycles. The van der Waals surface area contributed by atoms with E-state index in [2.05, 4.69) is 18.0 Å². The monoisotopic (exact) mass is 204 g/mol. The number of nitrogens with zero attached hydrogens (tertiary/aromatic N) is 2. The first kappa shape index (κ1) is 10.0. The highest BCUT2D eigenvalue weighted by Gasteiger charge is 2.09. The SMILES string of the molecule is CCc1oc(C)cc1Cc1cncn1C. The van der Waals surface area contributed by atoms with E-state index in [9.17, 15) is 0 Å². The molecule has 0 radical (unpaired) electrons. The molecule has 2 aromatic heterocycles. The fraction of sp³-hybridized carbons (Fsp3) is 0.417. The number of imidazole rings is 1. The number of aryl methyl sites for hydroxylation is 3. The van der Waals surface area contributed by atoms with Crippen LogP contribution in [0.1, 0.15) is 29.7 Å². The first-order chi connectivity index (χ1) is 7.20.